The Morgan fingerprint density at radius 2 is 2.13 bits per heavy atom. The quantitative estimate of drug-likeness (QED) is 0.488. The Labute approximate surface area is 176 Å². The molecule has 2 aromatic heterocycles. The van der Waals surface area contributed by atoms with Gasteiger partial charge in [0, 0.05) is 23.3 Å². The smallest absolute Gasteiger partial charge is 0.410 e. The Morgan fingerprint density at radius 3 is 2.84 bits per heavy atom. The van der Waals surface area contributed by atoms with Crippen LogP contribution in [0.3, 0.4) is 0 Å². The molecule has 1 unspecified atom stereocenters. The summed E-state index contributed by atoms with van der Waals surface area (Å²) in [5, 5.41) is 25.4. The predicted molar refractivity (Wildman–Crippen MR) is 111 cm³/mol. The number of ether oxygens (including phenoxy) is 1. The fraction of sp³-hybridized carbons (Fsp3) is 0.0909. The Hall–Kier alpha value is -4.45. The third-order valence-corrected chi connectivity index (χ3v) is 4.62. The highest BCUT2D eigenvalue weighted by Gasteiger charge is 2.19. The number of nitrogens with zero attached hydrogens (tertiary/aromatic N) is 4. The van der Waals surface area contributed by atoms with Crippen molar-refractivity contribution < 1.29 is 19.0 Å². The molecule has 0 saturated carbocycles. The van der Waals surface area contributed by atoms with E-state index in [4.69, 9.17) is 4.74 Å². The van der Waals surface area contributed by atoms with Crippen LogP contribution in [0.1, 0.15) is 24.2 Å². The molecule has 9 heteroatoms. The van der Waals surface area contributed by atoms with E-state index in [2.05, 4.69) is 21.5 Å². The lowest BCUT2D eigenvalue weighted by Gasteiger charge is -2.20. The molecule has 0 spiro atoms. The van der Waals surface area contributed by atoms with Crippen LogP contribution in [0.25, 0.3) is 16.6 Å². The first kappa shape index (κ1) is 19.8. The zero-order valence-electron chi connectivity index (χ0n) is 16.3. The van der Waals surface area contributed by atoms with E-state index in [1.807, 2.05) is 0 Å². The maximum atomic E-state index is 13.7. The number of hydrogen-bond donors (Lipinski definition) is 2. The van der Waals surface area contributed by atoms with Gasteiger partial charge in [-0.05, 0) is 55.5 Å². The molecule has 4 aromatic rings. The zero-order valence-corrected chi connectivity index (χ0v) is 16.3. The lowest BCUT2D eigenvalue weighted by Crippen LogP contribution is -2.13. The number of nitrogens with one attached hydrogen (secondary N) is 1. The van der Waals surface area contributed by atoms with Crippen molar-refractivity contribution in [1.29, 1.82) is 5.26 Å². The van der Waals surface area contributed by atoms with Gasteiger partial charge in [-0.15, -0.1) is 0 Å². The van der Waals surface area contributed by atoms with Gasteiger partial charge in [0.2, 0.25) is 0 Å². The second-order valence-electron chi connectivity index (χ2n) is 6.70. The molecule has 2 aromatic carbocycles. The number of benzene rings is 2. The van der Waals surface area contributed by atoms with Crippen LogP contribution in [0.2, 0.25) is 0 Å². The number of pyridine rings is 1. The van der Waals surface area contributed by atoms with E-state index in [0.29, 0.717) is 27.7 Å². The molecule has 0 bridgehead atoms. The molecule has 0 fully saturated rings. The Balaban J connectivity index is 1.78. The lowest BCUT2D eigenvalue weighted by atomic mass is 10.0. The molecule has 0 aliphatic heterocycles. The molecule has 8 nitrogen and oxygen atoms in total. The van der Waals surface area contributed by atoms with Crippen LogP contribution < -0.4 is 10.1 Å². The maximum absolute atomic E-state index is 13.7. The zero-order chi connectivity index (χ0) is 22.0. The highest BCUT2D eigenvalue weighted by atomic mass is 19.1. The van der Waals surface area contributed by atoms with Gasteiger partial charge in [0.1, 0.15) is 11.9 Å². The lowest BCUT2D eigenvalue weighted by molar-refractivity contribution is 0.208. The molecule has 1 amide bonds. The standard InChI is InChI=1S/C22H16FN5O3/c1-13(17-9-14(12-24)3-6-19(17)28-8-2-7-25-28)31-20-11-15-10-16(23)4-5-18(15)26-21(20)27-22(29)30/h2-11,13H,1H3,(H,26,27)(H,29,30). The summed E-state index contributed by atoms with van der Waals surface area (Å²) in [5.41, 5.74) is 2.20. The molecular formula is C22H16FN5O3. The van der Waals surface area contributed by atoms with E-state index in [-0.39, 0.29) is 11.6 Å². The summed E-state index contributed by atoms with van der Waals surface area (Å²) >= 11 is 0. The van der Waals surface area contributed by atoms with Gasteiger partial charge in [0.15, 0.2) is 11.6 Å². The SMILES string of the molecule is CC(Oc1cc2cc(F)ccc2nc1NC(=O)O)c1cc(C#N)ccc1-n1cccn1. The minimum Gasteiger partial charge on any atom is -0.482 e. The summed E-state index contributed by atoms with van der Waals surface area (Å²) in [4.78, 5) is 15.5. The van der Waals surface area contributed by atoms with Crippen molar-refractivity contribution >= 4 is 22.8 Å². The first-order chi connectivity index (χ1) is 14.9. The third kappa shape index (κ3) is 4.13. The van der Waals surface area contributed by atoms with Crippen molar-refractivity contribution in [2.75, 3.05) is 5.32 Å². The Morgan fingerprint density at radius 1 is 1.29 bits per heavy atom. The molecule has 0 radical (unpaired) electrons. The summed E-state index contributed by atoms with van der Waals surface area (Å²) in [5.74, 6) is -0.341. The third-order valence-electron chi connectivity index (χ3n) is 4.62. The van der Waals surface area contributed by atoms with Crippen molar-refractivity contribution in [2.45, 2.75) is 13.0 Å². The maximum Gasteiger partial charge on any atom is 0.410 e. The van der Waals surface area contributed by atoms with Gasteiger partial charge in [-0.25, -0.2) is 18.9 Å². The van der Waals surface area contributed by atoms with E-state index >= 15 is 0 Å². The molecular weight excluding hydrogens is 401 g/mol. The normalized spacial score (nSPS) is 11.6. The van der Waals surface area contributed by atoms with E-state index in [0.717, 1.165) is 0 Å². The number of nitriles is 1. The van der Waals surface area contributed by atoms with Crippen molar-refractivity contribution in [3.05, 3.63) is 77.9 Å². The van der Waals surface area contributed by atoms with Crippen LogP contribution in [-0.2, 0) is 0 Å². The molecule has 1 atom stereocenters. The molecule has 154 valence electrons. The van der Waals surface area contributed by atoms with Gasteiger partial charge in [0.25, 0.3) is 0 Å². The van der Waals surface area contributed by atoms with Crippen LogP contribution in [0, 0.1) is 17.1 Å². The van der Waals surface area contributed by atoms with E-state index in [9.17, 15) is 19.6 Å². The highest BCUT2D eigenvalue weighted by Crippen LogP contribution is 2.33. The predicted octanol–water partition coefficient (Wildman–Crippen LogP) is 4.66. The van der Waals surface area contributed by atoms with Crippen LogP contribution in [-0.4, -0.2) is 26.0 Å². The number of amides is 1. The van der Waals surface area contributed by atoms with Crippen molar-refractivity contribution in [2.24, 2.45) is 0 Å². The van der Waals surface area contributed by atoms with Crippen LogP contribution >= 0.6 is 0 Å². The van der Waals surface area contributed by atoms with E-state index in [1.54, 1.807) is 48.3 Å². The summed E-state index contributed by atoms with van der Waals surface area (Å²) in [6, 6.07) is 14.5. The van der Waals surface area contributed by atoms with Gasteiger partial charge in [-0.2, -0.15) is 10.4 Å². The van der Waals surface area contributed by atoms with Crippen molar-refractivity contribution in [3.63, 3.8) is 0 Å². The van der Waals surface area contributed by atoms with Gasteiger partial charge in [-0.1, -0.05) is 0 Å². The molecule has 0 aliphatic carbocycles. The minimum absolute atomic E-state index is 0.0180. The number of hydrogen-bond acceptors (Lipinski definition) is 5. The first-order valence-electron chi connectivity index (χ1n) is 9.25. The highest BCUT2D eigenvalue weighted by molar-refractivity contribution is 5.89. The number of halogens is 1. The fourth-order valence-electron chi connectivity index (χ4n) is 3.23. The van der Waals surface area contributed by atoms with Crippen LogP contribution in [0.5, 0.6) is 5.75 Å². The van der Waals surface area contributed by atoms with Crippen molar-refractivity contribution in [1.82, 2.24) is 14.8 Å². The minimum atomic E-state index is -1.31. The fourth-order valence-corrected chi connectivity index (χ4v) is 3.23. The molecule has 4 rings (SSSR count). The summed E-state index contributed by atoms with van der Waals surface area (Å²) in [7, 11) is 0. The topological polar surface area (TPSA) is 113 Å². The molecule has 0 saturated heterocycles. The number of rotatable bonds is 5. The Bertz CT molecular complexity index is 1310. The largest absolute Gasteiger partial charge is 0.482 e. The second-order valence-corrected chi connectivity index (χ2v) is 6.70. The number of carboxylic acid groups (broad SMARTS) is 1. The monoisotopic (exact) mass is 417 g/mol. The number of fused-ring (bicyclic) bond motifs is 1. The molecule has 2 heterocycles. The summed E-state index contributed by atoms with van der Waals surface area (Å²) in [6.07, 6.45) is 1.46. The second kappa shape index (κ2) is 8.12. The summed E-state index contributed by atoms with van der Waals surface area (Å²) in [6.45, 7) is 1.75. The Kier molecular flexibility index (Phi) is 5.20. The number of aromatic nitrogens is 3. The molecule has 0 aliphatic rings. The molecule has 31 heavy (non-hydrogen) atoms. The molecule has 2 N–H and O–H groups in total. The average Bonchev–Trinajstić information content (AvgIpc) is 3.28. The van der Waals surface area contributed by atoms with Gasteiger partial charge in [0.05, 0.1) is 22.8 Å². The average molecular weight is 417 g/mol. The van der Waals surface area contributed by atoms with Gasteiger partial charge in [-0.3, -0.25) is 5.32 Å². The first-order valence-corrected chi connectivity index (χ1v) is 9.25. The number of carbonyl (C=O) groups is 1. The summed E-state index contributed by atoms with van der Waals surface area (Å²) < 4.78 is 21.4. The van der Waals surface area contributed by atoms with Gasteiger partial charge >= 0.3 is 6.09 Å². The van der Waals surface area contributed by atoms with E-state index < -0.39 is 18.0 Å². The van der Waals surface area contributed by atoms with Gasteiger partial charge < -0.3 is 9.84 Å². The van der Waals surface area contributed by atoms with Crippen molar-refractivity contribution in [3.8, 4) is 17.5 Å². The van der Waals surface area contributed by atoms with E-state index in [1.165, 1.54) is 24.3 Å². The van der Waals surface area contributed by atoms with Crippen LogP contribution in [0.15, 0.2) is 60.9 Å². The van der Waals surface area contributed by atoms with Crippen LogP contribution in [0.4, 0.5) is 15.0 Å². The number of anilines is 1.